The Labute approximate surface area is 133 Å². The number of aliphatic carboxylic acids is 1. The summed E-state index contributed by atoms with van der Waals surface area (Å²) in [6, 6.07) is 5.51. The normalized spacial score (nSPS) is 14.4. The first-order valence-corrected chi connectivity index (χ1v) is 7.09. The third-order valence-corrected chi connectivity index (χ3v) is 3.13. The van der Waals surface area contributed by atoms with Crippen molar-refractivity contribution < 1.29 is 24.6 Å². The van der Waals surface area contributed by atoms with Crippen LogP contribution in [0, 0.1) is 0 Å². The molecule has 0 fully saturated rings. The summed E-state index contributed by atoms with van der Waals surface area (Å²) in [6.07, 6.45) is 0.0846. The molecular formula is C15H21N3O5. The van der Waals surface area contributed by atoms with Gasteiger partial charge in [-0.05, 0) is 12.5 Å². The molecule has 0 radical (unpaired) electrons. The fourth-order valence-electron chi connectivity index (χ4n) is 1.82. The van der Waals surface area contributed by atoms with Gasteiger partial charge in [-0.15, -0.1) is 0 Å². The van der Waals surface area contributed by atoms with Gasteiger partial charge in [0, 0.05) is 6.42 Å². The number of rotatable bonds is 8. The number of nitrogens with one attached hydrogen (secondary N) is 2. The Balaban J connectivity index is 2.72. The first-order chi connectivity index (χ1) is 10.8. The molecular weight excluding hydrogens is 302 g/mol. The molecule has 0 aliphatic carbocycles. The summed E-state index contributed by atoms with van der Waals surface area (Å²) in [5.74, 6) is -2.61. The van der Waals surface area contributed by atoms with Crippen LogP contribution in [0.25, 0.3) is 0 Å². The number of benzene rings is 1. The van der Waals surface area contributed by atoms with Crippen LogP contribution in [0.1, 0.15) is 12.5 Å². The molecule has 2 amide bonds. The zero-order valence-electron chi connectivity index (χ0n) is 12.7. The Bertz CT molecular complexity index is 547. The molecule has 0 bridgehead atoms. The quantitative estimate of drug-likeness (QED) is 0.399. The molecule has 1 aromatic carbocycles. The van der Waals surface area contributed by atoms with Crippen LogP contribution >= 0.6 is 0 Å². The second kappa shape index (κ2) is 8.86. The molecule has 0 aliphatic rings. The summed E-state index contributed by atoms with van der Waals surface area (Å²) in [6.45, 7) is 0.763. The van der Waals surface area contributed by atoms with Crippen LogP contribution in [0.3, 0.4) is 0 Å². The molecule has 1 rings (SSSR count). The van der Waals surface area contributed by atoms with E-state index in [-0.39, 0.29) is 6.42 Å². The molecule has 0 aromatic heterocycles. The van der Waals surface area contributed by atoms with Gasteiger partial charge in [-0.1, -0.05) is 30.3 Å². The smallest absolute Gasteiger partial charge is 0.326 e. The molecule has 8 nitrogen and oxygen atoms in total. The monoisotopic (exact) mass is 323 g/mol. The lowest BCUT2D eigenvalue weighted by Gasteiger charge is -2.20. The number of amides is 2. The lowest BCUT2D eigenvalue weighted by Crippen LogP contribution is -2.55. The number of aliphatic hydroxyl groups excluding tert-OH is 1. The summed E-state index contributed by atoms with van der Waals surface area (Å²) in [5.41, 5.74) is 6.11. The fourth-order valence-corrected chi connectivity index (χ4v) is 1.82. The van der Waals surface area contributed by atoms with Crippen LogP contribution in [-0.4, -0.2) is 52.7 Å². The van der Waals surface area contributed by atoms with E-state index >= 15 is 0 Å². The number of carboxylic acid groups (broad SMARTS) is 1. The Morgan fingerprint density at radius 3 is 2.13 bits per heavy atom. The Hall–Kier alpha value is -2.45. The Morgan fingerprint density at radius 2 is 1.65 bits per heavy atom. The zero-order chi connectivity index (χ0) is 17.4. The van der Waals surface area contributed by atoms with Gasteiger partial charge >= 0.3 is 5.97 Å². The van der Waals surface area contributed by atoms with Crippen molar-refractivity contribution in [3.8, 4) is 0 Å². The van der Waals surface area contributed by atoms with Crippen molar-refractivity contribution in [2.24, 2.45) is 5.73 Å². The molecule has 3 atom stereocenters. The minimum Gasteiger partial charge on any atom is -0.480 e. The minimum atomic E-state index is -1.26. The summed E-state index contributed by atoms with van der Waals surface area (Å²) < 4.78 is 0. The van der Waals surface area contributed by atoms with Crippen molar-refractivity contribution in [2.45, 2.75) is 31.5 Å². The van der Waals surface area contributed by atoms with Crippen LogP contribution in [0.2, 0.25) is 0 Å². The highest BCUT2D eigenvalue weighted by atomic mass is 16.4. The van der Waals surface area contributed by atoms with E-state index in [0.717, 1.165) is 5.56 Å². The highest BCUT2D eigenvalue weighted by Gasteiger charge is 2.26. The number of carbonyl (C=O) groups is 3. The summed E-state index contributed by atoms with van der Waals surface area (Å²) >= 11 is 0. The van der Waals surface area contributed by atoms with Gasteiger partial charge in [-0.2, -0.15) is 0 Å². The third-order valence-electron chi connectivity index (χ3n) is 3.13. The highest BCUT2D eigenvalue weighted by molar-refractivity contribution is 5.91. The number of nitrogens with two attached hydrogens (primary N) is 1. The fraction of sp³-hybridized carbons (Fsp3) is 0.400. The maximum Gasteiger partial charge on any atom is 0.326 e. The maximum atomic E-state index is 12.0. The molecule has 126 valence electrons. The number of carboxylic acids is 1. The van der Waals surface area contributed by atoms with Crippen LogP contribution < -0.4 is 16.4 Å². The van der Waals surface area contributed by atoms with Crippen LogP contribution in [0.15, 0.2) is 30.3 Å². The van der Waals surface area contributed by atoms with E-state index in [0.29, 0.717) is 0 Å². The second-order valence-corrected chi connectivity index (χ2v) is 5.12. The van der Waals surface area contributed by atoms with E-state index in [2.05, 4.69) is 10.6 Å². The van der Waals surface area contributed by atoms with Gasteiger partial charge < -0.3 is 26.6 Å². The predicted molar refractivity (Wildman–Crippen MR) is 82.4 cm³/mol. The first-order valence-electron chi connectivity index (χ1n) is 7.09. The molecule has 0 saturated carbocycles. The molecule has 6 N–H and O–H groups in total. The standard InChI is InChI=1S/C15H21N3O5/c1-9(16)13(20)18-12(8-19)14(21)17-11(15(22)23)7-10-5-3-2-4-6-10/h2-6,9,11-12,19H,7-8,16H2,1H3,(H,17,21)(H,18,20)(H,22,23)/t9-,11+,12-/m1/s1. The summed E-state index contributed by atoms with van der Waals surface area (Å²) in [7, 11) is 0. The van der Waals surface area contributed by atoms with Crippen LogP contribution in [-0.2, 0) is 20.8 Å². The maximum absolute atomic E-state index is 12.0. The van der Waals surface area contributed by atoms with Crippen molar-refractivity contribution in [2.75, 3.05) is 6.61 Å². The molecule has 0 unspecified atom stereocenters. The SMILES string of the molecule is C[C@@H](N)C(=O)N[C@H](CO)C(=O)N[C@@H](Cc1ccccc1)C(=O)O. The second-order valence-electron chi connectivity index (χ2n) is 5.12. The van der Waals surface area contributed by atoms with Crippen molar-refractivity contribution in [3.05, 3.63) is 35.9 Å². The van der Waals surface area contributed by atoms with Crippen molar-refractivity contribution in [3.63, 3.8) is 0 Å². The lowest BCUT2D eigenvalue weighted by molar-refractivity contribution is -0.142. The molecule has 0 spiro atoms. The topological polar surface area (TPSA) is 142 Å². The Morgan fingerprint density at radius 1 is 1.09 bits per heavy atom. The van der Waals surface area contributed by atoms with Crippen molar-refractivity contribution in [1.29, 1.82) is 0 Å². The average Bonchev–Trinajstić information content (AvgIpc) is 2.52. The van der Waals surface area contributed by atoms with E-state index in [9.17, 15) is 24.6 Å². The van der Waals surface area contributed by atoms with Gasteiger partial charge in [0.15, 0.2) is 0 Å². The van der Waals surface area contributed by atoms with Crippen molar-refractivity contribution >= 4 is 17.8 Å². The van der Waals surface area contributed by atoms with E-state index in [4.69, 9.17) is 5.73 Å². The van der Waals surface area contributed by atoms with E-state index in [1.807, 2.05) is 0 Å². The minimum absolute atomic E-state index is 0.0846. The lowest BCUT2D eigenvalue weighted by atomic mass is 10.1. The van der Waals surface area contributed by atoms with Gasteiger partial charge in [-0.25, -0.2) is 4.79 Å². The van der Waals surface area contributed by atoms with E-state index in [1.165, 1.54) is 6.92 Å². The number of hydrogen-bond donors (Lipinski definition) is 5. The van der Waals surface area contributed by atoms with Gasteiger partial charge in [0.2, 0.25) is 11.8 Å². The highest BCUT2D eigenvalue weighted by Crippen LogP contribution is 2.04. The molecule has 0 aliphatic heterocycles. The molecule has 1 aromatic rings. The van der Waals surface area contributed by atoms with Crippen LogP contribution in [0.5, 0.6) is 0 Å². The van der Waals surface area contributed by atoms with Gasteiger partial charge in [-0.3, -0.25) is 9.59 Å². The van der Waals surface area contributed by atoms with Gasteiger partial charge in [0.1, 0.15) is 12.1 Å². The van der Waals surface area contributed by atoms with Gasteiger partial charge in [0.05, 0.1) is 12.6 Å². The number of carbonyl (C=O) groups excluding carboxylic acids is 2. The van der Waals surface area contributed by atoms with Crippen LogP contribution in [0.4, 0.5) is 0 Å². The molecule has 0 saturated heterocycles. The largest absolute Gasteiger partial charge is 0.480 e. The Kier molecular flexibility index (Phi) is 7.17. The van der Waals surface area contributed by atoms with Gasteiger partial charge in [0.25, 0.3) is 0 Å². The summed E-state index contributed by atoms with van der Waals surface area (Å²) in [5, 5.41) is 23.0. The zero-order valence-corrected chi connectivity index (χ0v) is 12.7. The predicted octanol–water partition coefficient (Wildman–Crippen LogP) is -1.38. The van der Waals surface area contributed by atoms with Crippen molar-refractivity contribution in [1.82, 2.24) is 10.6 Å². The molecule has 8 heteroatoms. The summed E-state index contributed by atoms with van der Waals surface area (Å²) in [4.78, 5) is 34.8. The molecule has 0 heterocycles. The third kappa shape index (κ3) is 6.05. The van der Waals surface area contributed by atoms with E-state index in [1.54, 1.807) is 30.3 Å². The van der Waals surface area contributed by atoms with E-state index < -0.39 is 42.5 Å². The first kappa shape index (κ1) is 18.6. The number of hydrogen-bond acceptors (Lipinski definition) is 5. The number of aliphatic hydroxyl groups is 1. The average molecular weight is 323 g/mol. The molecule has 23 heavy (non-hydrogen) atoms.